The average Bonchev–Trinajstić information content (AvgIpc) is 2.70. The first-order chi connectivity index (χ1) is 14.2. The van der Waals surface area contributed by atoms with Gasteiger partial charge in [-0.05, 0) is 42.8 Å². The second-order valence-electron chi connectivity index (χ2n) is 6.34. The predicted octanol–water partition coefficient (Wildman–Crippen LogP) is 4.33. The predicted molar refractivity (Wildman–Crippen MR) is 109 cm³/mol. The molecule has 0 bridgehead atoms. The van der Waals surface area contributed by atoms with Crippen LogP contribution in [0.2, 0.25) is 0 Å². The monoisotopic (exact) mass is 432 g/mol. The number of ether oxygens (including phenoxy) is 1. The summed E-state index contributed by atoms with van der Waals surface area (Å²) in [5.41, 5.74) is 1.30. The van der Waals surface area contributed by atoms with Crippen molar-refractivity contribution in [2.45, 2.75) is 11.8 Å². The highest BCUT2D eigenvalue weighted by Gasteiger charge is 2.25. The molecule has 3 aromatic carbocycles. The second-order valence-corrected chi connectivity index (χ2v) is 7.96. The van der Waals surface area contributed by atoms with Gasteiger partial charge in [0, 0.05) is 17.3 Å². The molecule has 0 fully saturated rings. The van der Waals surface area contributed by atoms with Crippen molar-refractivity contribution in [3.63, 3.8) is 0 Å². The maximum atomic E-state index is 13.9. The molecule has 0 radical (unpaired) electrons. The minimum Gasteiger partial charge on any atom is -0.494 e. The van der Waals surface area contributed by atoms with Crippen LogP contribution in [-0.2, 0) is 10.0 Å². The lowest BCUT2D eigenvalue weighted by atomic mass is 10.1. The standard InChI is InChI=1S/C21H18F2N2O4S/c1-13-11-18(25-30(27,28)20-15(22)9-6-10-16(20)23)19(29-2)12-17(13)24-21(26)14-7-4-3-5-8-14/h3-12,25H,1-2H3,(H,24,26). The number of nitrogens with one attached hydrogen (secondary N) is 2. The number of halogens is 2. The lowest BCUT2D eigenvalue weighted by Gasteiger charge is -2.16. The first kappa shape index (κ1) is 21.3. The van der Waals surface area contributed by atoms with E-state index in [2.05, 4.69) is 10.0 Å². The Bertz CT molecular complexity index is 1180. The number of anilines is 2. The molecule has 3 aromatic rings. The molecule has 0 unspecified atom stereocenters. The summed E-state index contributed by atoms with van der Waals surface area (Å²) in [5.74, 6) is -2.73. The number of carbonyl (C=O) groups excluding carboxylic acids is 1. The zero-order valence-corrected chi connectivity index (χ0v) is 16.9. The molecule has 6 nitrogen and oxygen atoms in total. The fraction of sp³-hybridized carbons (Fsp3) is 0.0952. The minimum atomic E-state index is -4.57. The van der Waals surface area contributed by atoms with Crippen molar-refractivity contribution in [1.82, 2.24) is 0 Å². The first-order valence-corrected chi connectivity index (χ1v) is 10.2. The summed E-state index contributed by atoms with van der Waals surface area (Å²) in [4.78, 5) is 11.3. The van der Waals surface area contributed by atoms with Crippen molar-refractivity contribution in [3.05, 3.63) is 83.4 Å². The van der Waals surface area contributed by atoms with Gasteiger partial charge in [-0.1, -0.05) is 24.3 Å². The van der Waals surface area contributed by atoms with Crippen molar-refractivity contribution in [3.8, 4) is 5.75 Å². The van der Waals surface area contributed by atoms with E-state index in [1.165, 1.54) is 19.2 Å². The van der Waals surface area contributed by atoms with E-state index in [0.717, 1.165) is 18.2 Å². The van der Waals surface area contributed by atoms with Gasteiger partial charge in [0.15, 0.2) is 4.90 Å². The van der Waals surface area contributed by atoms with Gasteiger partial charge >= 0.3 is 0 Å². The van der Waals surface area contributed by atoms with Crippen LogP contribution in [0.25, 0.3) is 0 Å². The summed E-state index contributed by atoms with van der Waals surface area (Å²) in [6, 6.07) is 14.1. The molecule has 0 saturated carbocycles. The summed E-state index contributed by atoms with van der Waals surface area (Å²) in [7, 11) is -3.27. The quantitative estimate of drug-likeness (QED) is 0.607. The molecule has 3 rings (SSSR count). The normalized spacial score (nSPS) is 11.1. The number of carbonyl (C=O) groups is 1. The summed E-state index contributed by atoms with van der Waals surface area (Å²) >= 11 is 0. The highest BCUT2D eigenvalue weighted by Crippen LogP contribution is 2.33. The lowest BCUT2D eigenvalue weighted by molar-refractivity contribution is 0.102. The number of benzene rings is 3. The van der Waals surface area contributed by atoms with Gasteiger partial charge in [-0.25, -0.2) is 17.2 Å². The maximum absolute atomic E-state index is 13.9. The average molecular weight is 432 g/mol. The number of methoxy groups -OCH3 is 1. The Balaban J connectivity index is 1.93. The largest absolute Gasteiger partial charge is 0.494 e. The van der Waals surface area contributed by atoms with Gasteiger partial charge in [0.1, 0.15) is 17.4 Å². The van der Waals surface area contributed by atoms with Crippen molar-refractivity contribution < 1.29 is 26.7 Å². The van der Waals surface area contributed by atoms with E-state index >= 15 is 0 Å². The van der Waals surface area contributed by atoms with E-state index in [4.69, 9.17) is 4.74 Å². The SMILES string of the molecule is COc1cc(NC(=O)c2ccccc2)c(C)cc1NS(=O)(=O)c1c(F)cccc1F. The van der Waals surface area contributed by atoms with Crippen molar-refractivity contribution in [2.24, 2.45) is 0 Å². The topological polar surface area (TPSA) is 84.5 Å². The highest BCUT2D eigenvalue weighted by atomic mass is 32.2. The van der Waals surface area contributed by atoms with Gasteiger partial charge < -0.3 is 10.1 Å². The Morgan fingerprint density at radius 2 is 1.57 bits per heavy atom. The van der Waals surface area contributed by atoms with Gasteiger partial charge in [0.2, 0.25) is 0 Å². The highest BCUT2D eigenvalue weighted by molar-refractivity contribution is 7.92. The number of hydrogen-bond donors (Lipinski definition) is 2. The second kappa shape index (κ2) is 8.50. The van der Waals surface area contributed by atoms with E-state index < -0.39 is 26.6 Å². The maximum Gasteiger partial charge on any atom is 0.267 e. The molecular formula is C21H18F2N2O4S. The van der Waals surface area contributed by atoms with E-state index in [1.54, 1.807) is 37.3 Å². The summed E-state index contributed by atoms with van der Waals surface area (Å²) in [6.45, 7) is 1.64. The van der Waals surface area contributed by atoms with Crippen LogP contribution >= 0.6 is 0 Å². The van der Waals surface area contributed by atoms with Gasteiger partial charge in [-0.3, -0.25) is 9.52 Å². The molecule has 0 saturated heterocycles. The number of sulfonamides is 1. The van der Waals surface area contributed by atoms with Crippen LogP contribution in [0.1, 0.15) is 15.9 Å². The van der Waals surface area contributed by atoms with Crippen LogP contribution in [0.5, 0.6) is 5.75 Å². The Hall–Kier alpha value is -3.46. The van der Waals surface area contributed by atoms with Crippen LogP contribution < -0.4 is 14.8 Å². The number of aryl methyl sites for hydroxylation is 1. The lowest BCUT2D eigenvalue weighted by Crippen LogP contribution is -2.17. The van der Waals surface area contributed by atoms with Gasteiger partial charge in [-0.2, -0.15) is 0 Å². The van der Waals surface area contributed by atoms with Gasteiger partial charge in [0.25, 0.3) is 15.9 Å². The van der Waals surface area contributed by atoms with E-state index in [9.17, 15) is 22.0 Å². The summed E-state index contributed by atoms with van der Waals surface area (Å²) in [5, 5.41) is 2.73. The van der Waals surface area contributed by atoms with E-state index in [1.807, 2.05) is 0 Å². The number of hydrogen-bond acceptors (Lipinski definition) is 4. The number of amides is 1. The zero-order chi connectivity index (χ0) is 21.9. The smallest absolute Gasteiger partial charge is 0.267 e. The van der Waals surface area contributed by atoms with Crippen LogP contribution in [-0.4, -0.2) is 21.4 Å². The third kappa shape index (κ3) is 4.41. The fourth-order valence-corrected chi connectivity index (χ4v) is 3.99. The molecule has 0 aliphatic rings. The molecule has 0 aliphatic carbocycles. The molecule has 0 spiro atoms. The molecule has 0 heterocycles. The van der Waals surface area contributed by atoms with Gasteiger partial charge in [-0.15, -0.1) is 0 Å². The Kier molecular flexibility index (Phi) is 6.02. The molecule has 30 heavy (non-hydrogen) atoms. The summed E-state index contributed by atoms with van der Waals surface area (Å²) < 4.78 is 60.3. The molecule has 2 N–H and O–H groups in total. The minimum absolute atomic E-state index is 0.0321. The van der Waals surface area contributed by atoms with E-state index in [-0.39, 0.29) is 17.3 Å². The Morgan fingerprint density at radius 1 is 0.933 bits per heavy atom. The van der Waals surface area contributed by atoms with E-state index in [0.29, 0.717) is 16.8 Å². The Labute approximate surface area is 172 Å². The van der Waals surface area contributed by atoms with Crippen LogP contribution in [0.4, 0.5) is 20.2 Å². The van der Waals surface area contributed by atoms with Crippen molar-refractivity contribution in [2.75, 3.05) is 17.1 Å². The van der Waals surface area contributed by atoms with Gasteiger partial charge in [0.05, 0.1) is 12.8 Å². The Morgan fingerprint density at radius 3 is 2.17 bits per heavy atom. The molecular weight excluding hydrogens is 414 g/mol. The fourth-order valence-electron chi connectivity index (χ4n) is 2.79. The van der Waals surface area contributed by atoms with Crippen LogP contribution in [0.3, 0.4) is 0 Å². The molecule has 156 valence electrons. The number of rotatable bonds is 6. The zero-order valence-electron chi connectivity index (χ0n) is 16.1. The molecule has 0 aromatic heterocycles. The first-order valence-electron chi connectivity index (χ1n) is 8.75. The molecule has 1 amide bonds. The molecule has 9 heteroatoms. The third-order valence-electron chi connectivity index (χ3n) is 4.26. The molecule has 0 aliphatic heterocycles. The van der Waals surface area contributed by atoms with Crippen LogP contribution in [0, 0.1) is 18.6 Å². The molecule has 0 atom stereocenters. The third-order valence-corrected chi connectivity index (χ3v) is 5.68. The van der Waals surface area contributed by atoms with Crippen LogP contribution in [0.15, 0.2) is 65.6 Å². The summed E-state index contributed by atoms with van der Waals surface area (Å²) in [6.07, 6.45) is 0. The van der Waals surface area contributed by atoms with Crippen molar-refractivity contribution >= 4 is 27.3 Å². The van der Waals surface area contributed by atoms with Crippen molar-refractivity contribution in [1.29, 1.82) is 0 Å².